The summed E-state index contributed by atoms with van der Waals surface area (Å²) in [6, 6.07) is 13.7. The molecule has 0 aliphatic carbocycles. The number of aliphatic hydroxyl groups excluding tert-OH is 1. The molecule has 26 heavy (non-hydrogen) atoms. The molecule has 3 aromatic rings. The highest BCUT2D eigenvalue weighted by Crippen LogP contribution is 2.19. The highest BCUT2D eigenvalue weighted by Gasteiger charge is 2.16. The van der Waals surface area contributed by atoms with Gasteiger partial charge in [0.25, 0.3) is 0 Å². The lowest BCUT2D eigenvalue weighted by Gasteiger charge is -2.15. The Labute approximate surface area is 153 Å². The quantitative estimate of drug-likeness (QED) is 0.708. The standard InChI is InChI=1S/C21H26N2O3/c1-4-11-22-18-7-5-6-8-19(18)23(21(22)25)13-17(24)14-26-20-12-15(2)9-10-16(20)3/h5-10,12,17,24H,4,11,13-14H2,1-3H3/t17-/m1/s1. The third-order valence-corrected chi connectivity index (χ3v) is 4.54. The molecule has 5 nitrogen and oxygen atoms in total. The largest absolute Gasteiger partial charge is 0.491 e. The van der Waals surface area contributed by atoms with Crippen molar-refractivity contribution < 1.29 is 9.84 Å². The molecule has 0 bridgehead atoms. The van der Waals surface area contributed by atoms with E-state index < -0.39 is 6.10 Å². The van der Waals surface area contributed by atoms with Crippen LogP contribution in [0.15, 0.2) is 47.3 Å². The Balaban J connectivity index is 1.79. The van der Waals surface area contributed by atoms with Gasteiger partial charge in [0.1, 0.15) is 18.5 Å². The first kappa shape index (κ1) is 18.3. The lowest BCUT2D eigenvalue weighted by molar-refractivity contribution is 0.0921. The van der Waals surface area contributed by atoms with Crippen molar-refractivity contribution in [3.05, 3.63) is 64.1 Å². The van der Waals surface area contributed by atoms with Crippen molar-refractivity contribution in [2.24, 2.45) is 0 Å². The number of aliphatic hydroxyl groups is 1. The van der Waals surface area contributed by atoms with Crippen molar-refractivity contribution in [1.82, 2.24) is 9.13 Å². The zero-order valence-corrected chi connectivity index (χ0v) is 15.6. The maximum absolute atomic E-state index is 12.8. The van der Waals surface area contributed by atoms with E-state index in [2.05, 4.69) is 0 Å². The number of ether oxygens (including phenoxy) is 1. The van der Waals surface area contributed by atoms with Crippen molar-refractivity contribution in [2.75, 3.05) is 6.61 Å². The van der Waals surface area contributed by atoms with Gasteiger partial charge in [-0.25, -0.2) is 4.79 Å². The molecule has 0 aliphatic rings. The lowest BCUT2D eigenvalue weighted by Crippen LogP contribution is -2.31. The third kappa shape index (κ3) is 3.68. The van der Waals surface area contributed by atoms with Crippen LogP contribution >= 0.6 is 0 Å². The number of aromatic nitrogens is 2. The van der Waals surface area contributed by atoms with Gasteiger partial charge in [0, 0.05) is 6.54 Å². The van der Waals surface area contributed by atoms with Crippen LogP contribution in [0.25, 0.3) is 11.0 Å². The van der Waals surface area contributed by atoms with E-state index in [0.29, 0.717) is 6.54 Å². The highest BCUT2D eigenvalue weighted by atomic mass is 16.5. The fourth-order valence-electron chi connectivity index (χ4n) is 3.20. The number of imidazole rings is 1. The van der Waals surface area contributed by atoms with Crippen LogP contribution in [0.3, 0.4) is 0 Å². The number of rotatable bonds is 7. The number of aryl methyl sites for hydroxylation is 3. The average molecular weight is 354 g/mol. The average Bonchev–Trinajstić information content (AvgIpc) is 2.89. The molecule has 1 N–H and O–H groups in total. The summed E-state index contributed by atoms with van der Waals surface area (Å²) in [5, 5.41) is 10.5. The fourth-order valence-corrected chi connectivity index (χ4v) is 3.20. The minimum absolute atomic E-state index is 0.0844. The second kappa shape index (κ2) is 7.79. The van der Waals surface area contributed by atoms with Gasteiger partial charge in [-0.05, 0) is 49.6 Å². The van der Waals surface area contributed by atoms with Crippen LogP contribution in [-0.4, -0.2) is 27.0 Å². The molecule has 0 amide bonds. The predicted molar refractivity (Wildman–Crippen MR) is 104 cm³/mol. The third-order valence-electron chi connectivity index (χ3n) is 4.54. The van der Waals surface area contributed by atoms with Gasteiger partial charge in [-0.3, -0.25) is 9.13 Å². The molecule has 1 heterocycles. The molecule has 138 valence electrons. The Morgan fingerprint density at radius 1 is 1.08 bits per heavy atom. The topological polar surface area (TPSA) is 56.4 Å². The Morgan fingerprint density at radius 2 is 1.77 bits per heavy atom. The van der Waals surface area contributed by atoms with Crippen molar-refractivity contribution in [1.29, 1.82) is 0 Å². The van der Waals surface area contributed by atoms with Crippen LogP contribution < -0.4 is 10.4 Å². The second-order valence-corrected chi connectivity index (χ2v) is 6.77. The minimum Gasteiger partial charge on any atom is -0.491 e. The Hall–Kier alpha value is -2.53. The van der Waals surface area contributed by atoms with E-state index in [0.717, 1.165) is 34.3 Å². The minimum atomic E-state index is -0.770. The summed E-state index contributed by atoms with van der Waals surface area (Å²) >= 11 is 0. The van der Waals surface area contributed by atoms with E-state index >= 15 is 0 Å². The van der Waals surface area contributed by atoms with Gasteiger partial charge in [-0.1, -0.05) is 31.2 Å². The van der Waals surface area contributed by atoms with Crippen LogP contribution in [-0.2, 0) is 13.1 Å². The van der Waals surface area contributed by atoms with Gasteiger partial charge in [-0.15, -0.1) is 0 Å². The summed E-state index contributed by atoms with van der Waals surface area (Å²) in [7, 11) is 0. The first-order valence-electron chi connectivity index (χ1n) is 9.07. The summed E-state index contributed by atoms with van der Waals surface area (Å²) in [6.07, 6.45) is 0.111. The van der Waals surface area contributed by atoms with Gasteiger partial charge >= 0.3 is 5.69 Å². The Morgan fingerprint density at radius 3 is 2.46 bits per heavy atom. The fraction of sp³-hybridized carbons (Fsp3) is 0.381. The van der Waals surface area contributed by atoms with E-state index in [9.17, 15) is 9.90 Å². The Kier molecular flexibility index (Phi) is 5.47. The number of hydrogen-bond acceptors (Lipinski definition) is 3. The van der Waals surface area contributed by atoms with Gasteiger partial charge in [0.05, 0.1) is 17.6 Å². The van der Waals surface area contributed by atoms with Crippen molar-refractivity contribution in [3.63, 3.8) is 0 Å². The summed E-state index contributed by atoms with van der Waals surface area (Å²) in [4.78, 5) is 12.8. The Bertz CT molecular complexity index is 956. The molecule has 0 radical (unpaired) electrons. The molecule has 0 saturated heterocycles. The number of fused-ring (bicyclic) bond motifs is 1. The molecule has 0 unspecified atom stereocenters. The molecule has 0 saturated carbocycles. The lowest BCUT2D eigenvalue weighted by atomic mass is 10.1. The number of hydrogen-bond donors (Lipinski definition) is 1. The van der Waals surface area contributed by atoms with Gasteiger partial charge in [0.2, 0.25) is 0 Å². The van der Waals surface area contributed by atoms with E-state index in [1.807, 2.05) is 63.2 Å². The number of nitrogens with zero attached hydrogens (tertiary/aromatic N) is 2. The molecular weight excluding hydrogens is 328 g/mol. The summed E-state index contributed by atoms with van der Waals surface area (Å²) in [6.45, 7) is 7.05. The van der Waals surface area contributed by atoms with Crippen LogP contribution in [0.4, 0.5) is 0 Å². The molecule has 2 aromatic carbocycles. The molecule has 0 spiro atoms. The zero-order valence-electron chi connectivity index (χ0n) is 15.6. The molecule has 1 atom stereocenters. The molecule has 0 fully saturated rings. The molecule has 3 rings (SSSR count). The maximum Gasteiger partial charge on any atom is 0.329 e. The second-order valence-electron chi connectivity index (χ2n) is 6.77. The van der Waals surface area contributed by atoms with Crippen LogP contribution in [0.1, 0.15) is 24.5 Å². The van der Waals surface area contributed by atoms with Gasteiger partial charge in [0.15, 0.2) is 0 Å². The van der Waals surface area contributed by atoms with Gasteiger partial charge < -0.3 is 9.84 Å². The van der Waals surface area contributed by atoms with E-state index in [1.165, 1.54) is 0 Å². The van der Waals surface area contributed by atoms with E-state index in [-0.39, 0.29) is 18.8 Å². The first-order valence-corrected chi connectivity index (χ1v) is 9.07. The van der Waals surface area contributed by atoms with Crippen LogP contribution in [0, 0.1) is 13.8 Å². The van der Waals surface area contributed by atoms with Crippen molar-refractivity contribution in [2.45, 2.75) is 46.4 Å². The highest BCUT2D eigenvalue weighted by molar-refractivity contribution is 5.76. The summed E-state index contributed by atoms with van der Waals surface area (Å²) in [5.74, 6) is 0.768. The first-order chi connectivity index (χ1) is 12.5. The van der Waals surface area contributed by atoms with Crippen molar-refractivity contribution in [3.8, 4) is 5.75 Å². The molecule has 0 aliphatic heterocycles. The molecular formula is C21H26N2O3. The SMILES string of the molecule is CCCn1c(=O)n(C[C@@H](O)COc2cc(C)ccc2C)c2ccccc21. The summed E-state index contributed by atoms with van der Waals surface area (Å²) < 4.78 is 9.20. The normalized spacial score (nSPS) is 12.5. The summed E-state index contributed by atoms with van der Waals surface area (Å²) in [5.41, 5.74) is 3.80. The van der Waals surface area contributed by atoms with Crippen LogP contribution in [0.2, 0.25) is 0 Å². The monoisotopic (exact) mass is 354 g/mol. The predicted octanol–water partition coefficient (Wildman–Crippen LogP) is 3.27. The maximum atomic E-state index is 12.8. The van der Waals surface area contributed by atoms with Crippen LogP contribution in [0.5, 0.6) is 5.75 Å². The van der Waals surface area contributed by atoms with E-state index in [1.54, 1.807) is 9.13 Å². The number of benzene rings is 2. The molecule has 5 heteroatoms. The van der Waals surface area contributed by atoms with Crippen molar-refractivity contribution >= 4 is 11.0 Å². The number of para-hydroxylation sites is 2. The van der Waals surface area contributed by atoms with Gasteiger partial charge in [-0.2, -0.15) is 0 Å². The van der Waals surface area contributed by atoms with E-state index in [4.69, 9.17) is 4.74 Å². The molecule has 1 aromatic heterocycles. The zero-order chi connectivity index (χ0) is 18.7. The smallest absolute Gasteiger partial charge is 0.329 e.